The van der Waals surface area contributed by atoms with Gasteiger partial charge in [-0.15, -0.1) is 0 Å². The summed E-state index contributed by atoms with van der Waals surface area (Å²) >= 11 is 0. The minimum Gasteiger partial charge on any atom is -0.215 e. The first-order valence-corrected chi connectivity index (χ1v) is 3.74. The average molecular weight is 138 g/mol. The van der Waals surface area contributed by atoms with Gasteiger partial charge in [0.1, 0.15) is 0 Å². The molecular weight excluding hydrogens is 122 g/mol. The van der Waals surface area contributed by atoms with Crippen molar-refractivity contribution in [2.45, 2.75) is 27.7 Å². The lowest BCUT2D eigenvalue weighted by molar-refractivity contribution is -0.388. The Balaban J connectivity index is 0.000000371. The van der Waals surface area contributed by atoms with E-state index in [0.717, 1.165) is 0 Å². The van der Waals surface area contributed by atoms with Crippen LogP contribution in [0.15, 0.2) is 18.3 Å². The number of rotatable bonds is 0. The Labute approximate surface area is 63.1 Å². The Morgan fingerprint density at radius 1 is 1.20 bits per heavy atom. The third kappa shape index (κ3) is 2.62. The molecule has 1 heteroatoms. The molecule has 0 aliphatic heterocycles. The van der Waals surface area contributed by atoms with Crippen LogP contribution < -0.4 is 4.98 Å². The molecule has 1 aromatic rings. The predicted octanol–water partition coefficient (Wildman–Crippen LogP) is 2.14. The topological polar surface area (TPSA) is 14.1 Å². The molecule has 1 rings (SSSR count). The number of nitrogens with one attached hydrogen (secondary N) is 1. The molecule has 0 aliphatic carbocycles. The molecule has 0 spiro atoms. The second-order valence-electron chi connectivity index (χ2n) is 1.98. The third-order valence-corrected chi connectivity index (χ3v) is 1.33. The van der Waals surface area contributed by atoms with Gasteiger partial charge in [-0.3, -0.25) is 0 Å². The molecular formula is C9H16N+. The molecule has 0 fully saturated rings. The Kier molecular flexibility index (Phi) is 4.55. The molecule has 1 N–H and O–H groups in total. The van der Waals surface area contributed by atoms with E-state index in [2.05, 4.69) is 24.9 Å². The van der Waals surface area contributed by atoms with E-state index < -0.39 is 0 Å². The van der Waals surface area contributed by atoms with Crippen LogP contribution in [0.1, 0.15) is 25.1 Å². The van der Waals surface area contributed by atoms with E-state index >= 15 is 0 Å². The average Bonchev–Trinajstić information content (AvgIpc) is 2.00. The van der Waals surface area contributed by atoms with Crippen molar-refractivity contribution in [3.63, 3.8) is 0 Å². The van der Waals surface area contributed by atoms with Crippen LogP contribution in [0.5, 0.6) is 0 Å². The zero-order chi connectivity index (χ0) is 7.98. The van der Waals surface area contributed by atoms with Crippen molar-refractivity contribution in [2.75, 3.05) is 0 Å². The molecule has 0 atom stereocenters. The quantitative estimate of drug-likeness (QED) is 0.521. The summed E-state index contributed by atoms with van der Waals surface area (Å²) in [5, 5.41) is 0. The van der Waals surface area contributed by atoms with Gasteiger partial charge in [0.25, 0.3) is 0 Å². The van der Waals surface area contributed by atoms with Crippen LogP contribution in [0.2, 0.25) is 0 Å². The second-order valence-corrected chi connectivity index (χ2v) is 1.98. The maximum atomic E-state index is 3.10. The highest BCUT2D eigenvalue weighted by Crippen LogP contribution is 1.94. The maximum Gasteiger partial charge on any atom is 0.179 e. The maximum absolute atomic E-state index is 3.10. The summed E-state index contributed by atoms with van der Waals surface area (Å²) in [5.41, 5.74) is 2.56. The second kappa shape index (κ2) is 4.98. The lowest BCUT2D eigenvalue weighted by Gasteiger charge is -1.85. The van der Waals surface area contributed by atoms with E-state index in [9.17, 15) is 0 Å². The first-order chi connectivity index (χ1) is 4.80. The molecule has 1 heterocycles. The van der Waals surface area contributed by atoms with Crippen LogP contribution in [-0.4, -0.2) is 0 Å². The van der Waals surface area contributed by atoms with E-state index in [0.29, 0.717) is 0 Å². The molecule has 0 saturated heterocycles. The highest BCUT2D eigenvalue weighted by Gasteiger charge is 1.92. The van der Waals surface area contributed by atoms with E-state index in [1.54, 1.807) is 0 Å². The summed E-state index contributed by atoms with van der Waals surface area (Å²) in [7, 11) is 0. The number of pyridine rings is 1. The Morgan fingerprint density at radius 2 is 1.80 bits per heavy atom. The molecule has 0 aromatic carbocycles. The van der Waals surface area contributed by atoms with Crippen molar-refractivity contribution in [3.8, 4) is 0 Å². The number of hydrogen-bond acceptors (Lipinski definition) is 0. The van der Waals surface area contributed by atoms with Crippen molar-refractivity contribution < 1.29 is 4.98 Å². The molecule has 1 aromatic heterocycles. The fourth-order valence-corrected chi connectivity index (χ4v) is 0.604. The van der Waals surface area contributed by atoms with Gasteiger partial charge in [0.15, 0.2) is 11.9 Å². The molecule has 0 bridgehead atoms. The van der Waals surface area contributed by atoms with Crippen molar-refractivity contribution in [3.05, 3.63) is 29.6 Å². The van der Waals surface area contributed by atoms with Crippen molar-refractivity contribution in [2.24, 2.45) is 0 Å². The first kappa shape index (κ1) is 9.15. The highest BCUT2D eigenvalue weighted by atomic mass is 14.6. The van der Waals surface area contributed by atoms with Gasteiger partial charge in [-0.2, -0.15) is 0 Å². The molecule has 0 aliphatic rings. The number of aryl methyl sites for hydroxylation is 2. The van der Waals surface area contributed by atoms with Gasteiger partial charge in [-0.05, 0) is 13.0 Å². The monoisotopic (exact) mass is 138 g/mol. The van der Waals surface area contributed by atoms with Crippen LogP contribution in [0.3, 0.4) is 0 Å². The highest BCUT2D eigenvalue weighted by molar-refractivity contribution is 5.10. The largest absolute Gasteiger partial charge is 0.215 e. The van der Waals surface area contributed by atoms with Gasteiger partial charge in [0, 0.05) is 18.6 Å². The van der Waals surface area contributed by atoms with Gasteiger partial charge in [-0.25, -0.2) is 4.98 Å². The van der Waals surface area contributed by atoms with E-state index in [1.807, 2.05) is 26.1 Å². The van der Waals surface area contributed by atoms with E-state index in [-0.39, 0.29) is 0 Å². The van der Waals surface area contributed by atoms with Crippen LogP contribution in [0, 0.1) is 13.8 Å². The Hall–Kier alpha value is -0.850. The van der Waals surface area contributed by atoms with Crippen molar-refractivity contribution in [1.82, 2.24) is 0 Å². The Morgan fingerprint density at radius 3 is 2.10 bits per heavy atom. The third-order valence-electron chi connectivity index (χ3n) is 1.33. The molecule has 0 radical (unpaired) electrons. The normalized spacial score (nSPS) is 8.00. The van der Waals surface area contributed by atoms with Crippen LogP contribution in [0.4, 0.5) is 0 Å². The summed E-state index contributed by atoms with van der Waals surface area (Å²) in [6.45, 7) is 8.15. The zero-order valence-electron chi connectivity index (χ0n) is 7.23. The van der Waals surface area contributed by atoms with Crippen molar-refractivity contribution >= 4 is 0 Å². The minimum absolute atomic E-state index is 1.24. The SMILES string of the molecule is CC.Cc1ccc[nH+]c1C. The molecule has 56 valence electrons. The van der Waals surface area contributed by atoms with Gasteiger partial charge < -0.3 is 0 Å². The number of H-pyrrole nitrogens is 1. The van der Waals surface area contributed by atoms with E-state index in [4.69, 9.17) is 0 Å². The summed E-state index contributed by atoms with van der Waals surface area (Å²) < 4.78 is 0. The molecule has 0 unspecified atom stereocenters. The zero-order valence-corrected chi connectivity index (χ0v) is 7.23. The fraction of sp³-hybridized carbons (Fsp3) is 0.444. The molecule has 10 heavy (non-hydrogen) atoms. The summed E-state index contributed by atoms with van der Waals surface area (Å²) in [4.78, 5) is 3.10. The first-order valence-electron chi connectivity index (χ1n) is 3.74. The van der Waals surface area contributed by atoms with Gasteiger partial charge in [0.2, 0.25) is 0 Å². The summed E-state index contributed by atoms with van der Waals surface area (Å²) in [5.74, 6) is 0. The van der Waals surface area contributed by atoms with Gasteiger partial charge in [-0.1, -0.05) is 13.8 Å². The molecule has 0 amide bonds. The summed E-state index contributed by atoms with van der Waals surface area (Å²) in [6.07, 6.45) is 1.93. The molecule has 1 nitrogen and oxygen atoms in total. The number of aromatic nitrogens is 1. The lowest BCUT2D eigenvalue weighted by Crippen LogP contribution is -2.06. The number of aromatic amines is 1. The smallest absolute Gasteiger partial charge is 0.179 e. The van der Waals surface area contributed by atoms with Crippen LogP contribution in [0.25, 0.3) is 0 Å². The lowest BCUT2D eigenvalue weighted by atomic mass is 10.2. The number of hydrogen-bond donors (Lipinski definition) is 0. The van der Waals surface area contributed by atoms with Gasteiger partial charge in [0.05, 0.1) is 0 Å². The summed E-state index contributed by atoms with van der Waals surface area (Å²) in [6, 6.07) is 4.09. The van der Waals surface area contributed by atoms with Crippen LogP contribution in [-0.2, 0) is 0 Å². The minimum atomic E-state index is 1.24. The fourth-order valence-electron chi connectivity index (χ4n) is 0.604. The van der Waals surface area contributed by atoms with E-state index in [1.165, 1.54) is 11.3 Å². The molecule has 0 saturated carbocycles. The standard InChI is InChI=1S/C7H9N.C2H6/c1-6-4-3-5-8-7(6)2;1-2/h3-5H,1-2H3;1-2H3/p+1. The van der Waals surface area contributed by atoms with Crippen LogP contribution >= 0.6 is 0 Å². The van der Waals surface area contributed by atoms with Crippen molar-refractivity contribution in [1.29, 1.82) is 0 Å². The van der Waals surface area contributed by atoms with Gasteiger partial charge >= 0.3 is 0 Å². The Bertz CT molecular complexity index is 161. The predicted molar refractivity (Wildman–Crippen MR) is 43.8 cm³/mol.